The van der Waals surface area contributed by atoms with E-state index in [-0.39, 0.29) is 17.8 Å². The van der Waals surface area contributed by atoms with E-state index >= 15 is 0 Å². The van der Waals surface area contributed by atoms with Gasteiger partial charge in [-0.05, 0) is 49.4 Å². The van der Waals surface area contributed by atoms with Crippen molar-refractivity contribution in [2.24, 2.45) is 0 Å². The fraction of sp³-hybridized carbons (Fsp3) is 0.357. The summed E-state index contributed by atoms with van der Waals surface area (Å²) in [5, 5.41) is 9.49. The topological polar surface area (TPSA) is 46.5 Å². The van der Waals surface area contributed by atoms with Crippen molar-refractivity contribution < 1.29 is 14.6 Å². The van der Waals surface area contributed by atoms with Crippen molar-refractivity contribution >= 4 is 5.97 Å². The van der Waals surface area contributed by atoms with Crippen molar-refractivity contribution in [3.8, 4) is 5.75 Å². The summed E-state index contributed by atoms with van der Waals surface area (Å²) in [5.74, 6) is -0.159. The van der Waals surface area contributed by atoms with Crippen LogP contribution in [0.25, 0.3) is 0 Å². The van der Waals surface area contributed by atoms with Crippen LogP contribution in [-0.4, -0.2) is 11.1 Å². The summed E-state index contributed by atoms with van der Waals surface area (Å²) >= 11 is 0. The van der Waals surface area contributed by atoms with E-state index in [2.05, 4.69) is 6.58 Å². The van der Waals surface area contributed by atoms with Gasteiger partial charge in [0, 0.05) is 5.57 Å². The molecule has 1 aromatic carbocycles. The number of aromatic hydroxyl groups is 1. The Balaban J connectivity index is 2.25. The summed E-state index contributed by atoms with van der Waals surface area (Å²) in [6.07, 6.45) is 2.51. The maximum absolute atomic E-state index is 11.5. The first-order valence-electron chi connectivity index (χ1n) is 5.76. The fourth-order valence-corrected chi connectivity index (χ4v) is 2.10. The Morgan fingerprint density at radius 3 is 3.00 bits per heavy atom. The van der Waals surface area contributed by atoms with E-state index in [1.807, 2.05) is 6.07 Å². The summed E-state index contributed by atoms with van der Waals surface area (Å²) in [5.41, 5.74) is 2.47. The second kappa shape index (κ2) is 4.62. The molecule has 0 saturated carbocycles. The highest BCUT2D eigenvalue weighted by Crippen LogP contribution is 2.34. The van der Waals surface area contributed by atoms with Crippen LogP contribution < -0.4 is 0 Å². The molecule has 0 radical (unpaired) electrons. The van der Waals surface area contributed by atoms with Crippen LogP contribution in [0.15, 0.2) is 30.4 Å². The average molecular weight is 232 g/mol. The molecule has 2 rings (SSSR count). The van der Waals surface area contributed by atoms with Crippen LogP contribution in [0.1, 0.15) is 37.0 Å². The van der Waals surface area contributed by atoms with Gasteiger partial charge in [0.15, 0.2) is 0 Å². The largest absolute Gasteiger partial charge is 0.508 e. The molecule has 0 aromatic heterocycles. The lowest BCUT2D eigenvalue weighted by Crippen LogP contribution is -2.17. The Labute approximate surface area is 101 Å². The highest BCUT2D eigenvalue weighted by molar-refractivity contribution is 5.87. The van der Waals surface area contributed by atoms with Gasteiger partial charge in [-0.1, -0.05) is 12.6 Å². The lowest BCUT2D eigenvalue weighted by Gasteiger charge is -2.25. The lowest BCUT2D eigenvalue weighted by atomic mass is 9.89. The predicted octanol–water partition coefficient (Wildman–Crippen LogP) is 2.89. The molecular formula is C14H16O3. The molecule has 0 spiro atoms. The first kappa shape index (κ1) is 11.7. The average Bonchev–Trinajstić information content (AvgIpc) is 2.29. The molecule has 1 unspecified atom stereocenters. The Hall–Kier alpha value is -1.77. The maximum atomic E-state index is 11.5. The predicted molar refractivity (Wildman–Crippen MR) is 64.7 cm³/mol. The van der Waals surface area contributed by atoms with Gasteiger partial charge in [0.2, 0.25) is 0 Å². The fourth-order valence-electron chi connectivity index (χ4n) is 2.10. The zero-order valence-electron chi connectivity index (χ0n) is 9.90. The monoisotopic (exact) mass is 232 g/mol. The number of esters is 1. The minimum atomic E-state index is -0.369. The van der Waals surface area contributed by atoms with Gasteiger partial charge in [-0.25, -0.2) is 4.79 Å². The van der Waals surface area contributed by atoms with E-state index in [0.29, 0.717) is 5.57 Å². The van der Waals surface area contributed by atoms with E-state index in [0.717, 1.165) is 30.4 Å². The summed E-state index contributed by atoms with van der Waals surface area (Å²) in [4.78, 5) is 11.5. The molecule has 90 valence electrons. The molecule has 0 amide bonds. The third-order valence-corrected chi connectivity index (χ3v) is 2.99. The van der Waals surface area contributed by atoms with E-state index in [4.69, 9.17) is 4.74 Å². The number of carbonyl (C=O) groups excluding carboxylic acids is 1. The molecule has 0 saturated heterocycles. The van der Waals surface area contributed by atoms with Gasteiger partial charge in [-0.3, -0.25) is 0 Å². The van der Waals surface area contributed by atoms with E-state index in [9.17, 15) is 9.90 Å². The first-order chi connectivity index (χ1) is 8.08. The Bertz CT molecular complexity index is 463. The SMILES string of the molecule is C=C(C)C(=O)OC1CCCc2ccc(O)cc21. The molecule has 1 atom stereocenters. The van der Waals surface area contributed by atoms with Gasteiger partial charge in [-0.15, -0.1) is 0 Å². The second-order valence-electron chi connectivity index (χ2n) is 4.45. The number of fused-ring (bicyclic) bond motifs is 1. The number of aryl methyl sites for hydroxylation is 1. The van der Waals surface area contributed by atoms with Gasteiger partial charge in [0.25, 0.3) is 0 Å². The quantitative estimate of drug-likeness (QED) is 0.630. The molecule has 0 fully saturated rings. The van der Waals surface area contributed by atoms with Crippen molar-refractivity contribution in [1.29, 1.82) is 0 Å². The molecule has 3 heteroatoms. The highest BCUT2D eigenvalue weighted by atomic mass is 16.5. The summed E-state index contributed by atoms with van der Waals surface area (Å²) in [6.45, 7) is 5.20. The van der Waals surface area contributed by atoms with Gasteiger partial charge in [-0.2, -0.15) is 0 Å². The molecule has 17 heavy (non-hydrogen) atoms. The van der Waals surface area contributed by atoms with Crippen LogP contribution in [-0.2, 0) is 16.0 Å². The Morgan fingerprint density at radius 2 is 2.29 bits per heavy atom. The van der Waals surface area contributed by atoms with Crippen LogP contribution in [0.5, 0.6) is 5.75 Å². The molecule has 0 bridgehead atoms. The Morgan fingerprint density at radius 1 is 1.53 bits per heavy atom. The van der Waals surface area contributed by atoms with Crippen LogP contribution in [0.4, 0.5) is 0 Å². The summed E-state index contributed by atoms with van der Waals surface area (Å²) in [6, 6.07) is 5.25. The number of rotatable bonds is 2. The highest BCUT2D eigenvalue weighted by Gasteiger charge is 2.24. The van der Waals surface area contributed by atoms with E-state index in [1.165, 1.54) is 0 Å². The van der Waals surface area contributed by atoms with Crippen molar-refractivity contribution in [1.82, 2.24) is 0 Å². The lowest BCUT2D eigenvalue weighted by molar-refractivity contribution is -0.145. The third-order valence-electron chi connectivity index (χ3n) is 2.99. The maximum Gasteiger partial charge on any atom is 0.333 e. The summed E-state index contributed by atoms with van der Waals surface area (Å²) < 4.78 is 5.38. The zero-order valence-corrected chi connectivity index (χ0v) is 9.90. The zero-order chi connectivity index (χ0) is 12.4. The smallest absolute Gasteiger partial charge is 0.333 e. The van der Waals surface area contributed by atoms with Gasteiger partial charge in [0.1, 0.15) is 11.9 Å². The molecular weight excluding hydrogens is 216 g/mol. The number of phenolic OH excluding ortho intramolecular Hbond substituents is 1. The molecule has 0 heterocycles. The minimum absolute atomic E-state index is 0.210. The molecule has 1 N–H and O–H groups in total. The number of phenols is 1. The van der Waals surface area contributed by atoms with E-state index < -0.39 is 0 Å². The third kappa shape index (κ3) is 2.49. The summed E-state index contributed by atoms with van der Waals surface area (Å²) in [7, 11) is 0. The number of hydrogen-bond acceptors (Lipinski definition) is 3. The van der Waals surface area contributed by atoms with Crippen molar-refractivity contribution in [2.75, 3.05) is 0 Å². The van der Waals surface area contributed by atoms with Crippen molar-refractivity contribution in [3.05, 3.63) is 41.5 Å². The normalized spacial score (nSPS) is 18.3. The molecule has 1 aliphatic carbocycles. The Kier molecular flexibility index (Phi) is 3.18. The minimum Gasteiger partial charge on any atom is -0.508 e. The standard InChI is InChI=1S/C14H16O3/c1-9(2)14(16)17-13-5-3-4-10-6-7-11(15)8-12(10)13/h6-8,13,15H,1,3-5H2,2H3. The number of ether oxygens (including phenoxy) is 1. The van der Waals surface area contributed by atoms with Gasteiger partial charge < -0.3 is 9.84 Å². The van der Waals surface area contributed by atoms with Gasteiger partial charge in [0.05, 0.1) is 0 Å². The number of benzene rings is 1. The molecule has 1 aromatic rings. The molecule has 0 aliphatic heterocycles. The van der Waals surface area contributed by atoms with Crippen LogP contribution in [0, 0.1) is 0 Å². The molecule has 3 nitrogen and oxygen atoms in total. The number of carbonyl (C=O) groups is 1. The van der Waals surface area contributed by atoms with Crippen LogP contribution >= 0.6 is 0 Å². The van der Waals surface area contributed by atoms with Gasteiger partial charge >= 0.3 is 5.97 Å². The van der Waals surface area contributed by atoms with Crippen molar-refractivity contribution in [2.45, 2.75) is 32.3 Å². The van der Waals surface area contributed by atoms with Crippen LogP contribution in [0.3, 0.4) is 0 Å². The van der Waals surface area contributed by atoms with Crippen molar-refractivity contribution in [3.63, 3.8) is 0 Å². The second-order valence-corrected chi connectivity index (χ2v) is 4.45. The molecule has 1 aliphatic rings. The van der Waals surface area contributed by atoms with E-state index in [1.54, 1.807) is 19.1 Å². The first-order valence-corrected chi connectivity index (χ1v) is 5.76. The number of hydrogen-bond donors (Lipinski definition) is 1. The van der Waals surface area contributed by atoms with Crippen LogP contribution in [0.2, 0.25) is 0 Å².